The Labute approximate surface area is 96.5 Å². The Balaban J connectivity index is 2.01. The average Bonchev–Trinajstić information content (AvgIpc) is 2.74. The van der Waals surface area contributed by atoms with Crippen molar-refractivity contribution >= 4 is 11.3 Å². The van der Waals surface area contributed by atoms with Gasteiger partial charge in [0.1, 0.15) is 0 Å². The van der Waals surface area contributed by atoms with Gasteiger partial charge in [-0.3, -0.25) is 0 Å². The van der Waals surface area contributed by atoms with E-state index in [9.17, 15) is 0 Å². The maximum absolute atomic E-state index is 8.65. The molecule has 1 aromatic heterocycles. The largest absolute Gasteiger partial charge is 0.396 e. The SMILES string of the molecule is CN(CCCCCO)CCc1ccsc1. The monoisotopic (exact) mass is 227 g/mol. The minimum atomic E-state index is 0.332. The van der Waals surface area contributed by atoms with Gasteiger partial charge in [-0.1, -0.05) is 0 Å². The fraction of sp³-hybridized carbons (Fsp3) is 0.667. The van der Waals surface area contributed by atoms with Crippen LogP contribution in [0.25, 0.3) is 0 Å². The fourth-order valence-electron chi connectivity index (χ4n) is 1.54. The molecule has 15 heavy (non-hydrogen) atoms. The lowest BCUT2D eigenvalue weighted by Gasteiger charge is -2.15. The maximum Gasteiger partial charge on any atom is 0.0431 e. The van der Waals surface area contributed by atoms with E-state index in [0.29, 0.717) is 6.61 Å². The molecule has 0 saturated carbocycles. The van der Waals surface area contributed by atoms with Gasteiger partial charge in [-0.05, 0) is 61.7 Å². The fourth-order valence-corrected chi connectivity index (χ4v) is 2.24. The zero-order valence-corrected chi connectivity index (χ0v) is 10.3. The van der Waals surface area contributed by atoms with E-state index in [2.05, 4.69) is 28.8 Å². The van der Waals surface area contributed by atoms with Crippen LogP contribution in [0.2, 0.25) is 0 Å². The second-order valence-corrected chi connectivity index (χ2v) is 4.75. The summed E-state index contributed by atoms with van der Waals surface area (Å²) in [5, 5.41) is 13.0. The second-order valence-electron chi connectivity index (χ2n) is 3.97. The Kier molecular flexibility index (Phi) is 6.64. The molecule has 2 nitrogen and oxygen atoms in total. The third kappa shape index (κ3) is 5.92. The van der Waals surface area contributed by atoms with Gasteiger partial charge < -0.3 is 10.0 Å². The van der Waals surface area contributed by atoms with Crippen molar-refractivity contribution in [2.24, 2.45) is 0 Å². The molecule has 0 saturated heterocycles. The topological polar surface area (TPSA) is 23.5 Å². The average molecular weight is 227 g/mol. The number of unbranched alkanes of at least 4 members (excludes halogenated alkanes) is 2. The number of hydrogen-bond acceptors (Lipinski definition) is 3. The van der Waals surface area contributed by atoms with Crippen LogP contribution in [0.5, 0.6) is 0 Å². The lowest BCUT2D eigenvalue weighted by atomic mass is 10.2. The highest BCUT2D eigenvalue weighted by molar-refractivity contribution is 7.07. The highest BCUT2D eigenvalue weighted by Gasteiger charge is 1.99. The summed E-state index contributed by atoms with van der Waals surface area (Å²) in [6.07, 6.45) is 4.43. The van der Waals surface area contributed by atoms with Crippen molar-refractivity contribution in [1.82, 2.24) is 4.90 Å². The van der Waals surface area contributed by atoms with Crippen LogP contribution in [0, 0.1) is 0 Å². The maximum atomic E-state index is 8.65. The van der Waals surface area contributed by atoms with Gasteiger partial charge in [-0.15, -0.1) is 0 Å². The van der Waals surface area contributed by atoms with Crippen molar-refractivity contribution in [3.63, 3.8) is 0 Å². The Morgan fingerprint density at radius 3 is 2.80 bits per heavy atom. The number of likely N-dealkylation sites (N-methyl/N-ethyl adjacent to an activating group) is 1. The number of rotatable bonds is 8. The van der Waals surface area contributed by atoms with E-state index in [1.807, 2.05) is 0 Å². The Morgan fingerprint density at radius 2 is 2.13 bits per heavy atom. The quantitative estimate of drug-likeness (QED) is 0.689. The molecule has 0 aliphatic carbocycles. The third-order valence-electron chi connectivity index (χ3n) is 2.56. The smallest absolute Gasteiger partial charge is 0.0431 e. The molecule has 1 rings (SSSR count). The second kappa shape index (κ2) is 7.85. The van der Waals surface area contributed by atoms with E-state index < -0.39 is 0 Å². The molecule has 1 heterocycles. The van der Waals surface area contributed by atoms with Crippen LogP contribution < -0.4 is 0 Å². The summed E-state index contributed by atoms with van der Waals surface area (Å²) in [7, 11) is 2.17. The molecule has 0 aliphatic rings. The van der Waals surface area contributed by atoms with Gasteiger partial charge in [0, 0.05) is 13.2 Å². The molecule has 0 spiro atoms. The number of hydrogen-bond donors (Lipinski definition) is 1. The molecule has 86 valence electrons. The molecule has 1 N–H and O–H groups in total. The Morgan fingerprint density at radius 1 is 1.27 bits per heavy atom. The predicted molar refractivity (Wildman–Crippen MR) is 66.5 cm³/mol. The highest BCUT2D eigenvalue weighted by atomic mass is 32.1. The van der Waals surface area contributed by atoms with Gasteiger partial charge in [0.25, 0.3) is 0 Å². The summed E-state index contributed by atoms with van der Waals surface area (Å²) in [5.74, 6) is 0. The molecule has 0 aromatic carbocycles. The number of aliphatic hydroxyl groups is 1. The summed E-state index contributed by atoms with van der Waals surface area (Å²) in [6, 6.07) is 2.20. The van der Waals surface area contributed by atoms with Gasteiger partial charge >= 0.3 is 0 Å². The third-order valence-corrected chi connectivity index (χ3v) is 3.29. The summed E-state index contributed by atoms with van der Waals surface area (Å²) in [4.78, 5) is 2.37. The van der Waals surface area contributed by atoms with E-state index in [1.54, 1.807) is 11.3 Å². The first-order valence-electron chi connectivity index (χ1n) is 5.63. The number of nitrogens with zero attached hydrogens (tertiary/aromatic N) is 1. The molecule has 0 amide bonds. The molecular weight excluding hydrogens is 206 g/mol. The van der Waals surface area contributed by atoms with Crippen LogP contribution >= 0.6 is 11.3 Å². The first-order chi connectivity index (χ1) is 7.33. The van der Waals surface area contributed by atoms with Crippen LogP contribution in [0.4, 0.5) is 0 Å². The van der Waals surface area contributed by atoms with Gasteiger partial charge in [-0.2, -0.15) is 11.3 Å². The lowest BCUT2D eigenvalue weighted by Crippen LogP contribution is -2.22. The molecule has 0 unspecified atom stereocenters. The van der Waals surface area contributed by atoms with Crippen molar-refractivity contribution < 1.29 is 5.11 Å². The van der Waals surface area contributed by atoms with E-state index >= 15 is 0 Å². The standard InChI is InChI=1S/C12H21NOS/c1-13(7-3-2-4-9-14)8-5-12-6-10-15-11-12/h6,10-11,14H,2-5,7-9H2,1H3. The lowest BCUT2D eigenvalue weighted by molar-refractivity contribution is 0.273. The van der Waals surface area contributed by atoms with E-state index in [0.717, 1.165) is 32.4 Å². The summed E-state index contributed by atoms with van der Waals surface area (Å²) >= 11 is 1.77. The van der Waals surface area contributed by atoms with Gasteiger partial charge in [0.05, 0.1) is 0 Å². The first kappa shape index (κ1) is 12.7. The Bertz CT molecular complexity index is 236. The van der Waals surface area contributed by atoms with Gasteiger partial charge in [0.2, 0.25) is 0 Å². The molecule has 0 bridgehead atoms. The highest BCUT2D eigenvalue weighted by Crippen LogP contribution is 2.07. The molecule has 1 aromatic rings. The number of thiophene rings is 1. The van der Waals surface area contributed by atoms with Crippen molar-refractivity contribution in [2.75, 3.05) is 26.7 Å². The minimum Gasteiger partial charge on any atom is -0.396 e. The minimum absolute atomic E-state index is 0.332. The first-order valence-corrected chi connectivity index (χ1v) is 6.57. The van der Waals surface area contributed by atoms with Crippen LogP contribution in [0.1, 0.15) is 24.8 Å². The van der Waals surface area contributed by atoms with Crippen LogP contribution in [0.3, 0.4) is 0 Å². The van der Waals surface area contributed by atoms with Crippen molar-refractivity contribution in [1.29, 1.82) is 0 Å². The van der Waals surface area contributed by atoms with E-state index in [1.165, 1.54) is 12.0 Å². The number of aliphatic hydroxyl groups excluding tert-OH is 1. The predicted octanol–water partition coefficient (Wildman–Crippen LogP) is 2.39. The Hall–Kier alpha value is -0.380. The molecule has 0 aliphatic heterocycles. The molecule has 0 atom stereocenters. The van der Waals surface area contributed by atoms with Crippen molar-refractivity contribution in [3.8, 4) is 0 Å². The normalized spacial score (nSPS) is 11.1. The van der Waals surface area contributed by atoms with Crippen molar-refractivity contribution in [3.05, 3.63) is 22.4 Å². The van der Waals surface area contributed by atoms with E-state index in [-0.39, 0.29) is 0 Å². The zero-order chi connectivity index (χ0) is 10.9. The summed E-state index contributed by atoms with van der Waals surface area (Å²) < 4.78 is 0. The summed E-state index contributed by atoms with van der Waals surface area (Å²) in [6.45, 7) is 2.61. The van der Waals surface area contributed by atoms with Gasteiger partial charge in [0.15, 0.2) is 0 Å². The van der Waals surface area contributed by atoms with Crippen LogP contribution in [0.15, 0.2) is 16.8 Å². The zero-order valence-electron chi connectivity index (χ0n) is 9.48. The van der Waals surface area contributed by atoms with Crippen LogP contribution in [-0.2, 0) is 6.42 Å². The summed E-state index contributed by atoms with van der Waals surface area (Å²) in [5.41, 5.74) is 1.45. The molecule has 3 heteroatoms. The van der Waals surface area contributed by atoms with Crippen LogP contribution in [-0.4, -0.2) is 36.8 Å². The van der Waals surface area contributed by atoms with E-state index in [4.69, 9.17) is 5.11 Å². The van der Waals surface area contributed by atoms with Gasteiger partial charge in [-0.25, -0.2) is 0 Å². The molecular formula is C12H21NOS. The molecule has 0 fully saturated rings. The van der Waals surface area contributed by atoms with Crippen molar-refractivity contribution in [2.45, 2.75) is 25.7 Å². The molecule has 0 radical (unpaired) electrons.